The summed E-state index contributed by atoms with van der Waals surface area (Å²) in [6, 6.07) is 0. The van der Waals surface area contributed by atoms with Crippen molar-refractivity contribution in [3.05, 3.63) is 11.8 Å². The highest BCUT2D eigenvalue weighted by atomic mass is 16.5. The van der Waals surface area contributed by atoms with Gasteiger partial charge in [0.15, 0.2) is 5.78 Å². The van der Waals surface area contributed by atoms with E-state index in [4.69, 9.17) is 4.74 Å². The maximum absolute atomic E-state index is 12.0. The smallest absolute Gasteiger partial charge is 0.164 e. The summed E-state index contributed by atoms with van der Waals surface area (Å²) >= 11 is 0. The molecule has 2 heteroatoms. The van der Waals surface area contributed by atoms with Gasteiger partial charge in [-0.3, -0.25) is 4.79 Å². The molecule has 0 N–H and O–H groups in total. The Morgan fingerprint density at radius 3 is 2.93 bits per heavy atom. The number of carbonyl (C=O) groups excluding carboxylic acids is 1. The van der Waals surface area contributed by atoms with Gasteiger partial charge in [0.05, 0.1) is 12.9 Å². The first-order valence-corrected chi connectivity index (χ1v) is 5.62. The molecule has 2 rings (SSSR count). The van der Waals surface area contributed by atoms with Gasteiger partial charge in [0.1, 0.15) is 0 Å². The number of allylic oxidation sites excluding steroid dienone is 1. The molecule has 1 fully saturated rings. The van der Waals surface area contributed by atoms with Crippen LogP contribution in [0.4, 0.5) is 0 Å². The maximum atomic E-state index is 12.0. The van der Waals surface area contributed by atoms with Crippen molar-refractivity contribution in [2.24, 2.45) is 11.8 Å². The zero-order valence-corrected chi connectivity index (χ0v) is 8.79. The summed E-state index contributed by atoms with van der Waals surface area (Å²) in [5, 5.41) is 0. The normalized spacial score (nSPS) is 32.2. The standard InChI is InChI=1S/C12H18O2/c1-9-4-5-10(7-9)12(13)11-3-2-6-14-8-11/h8-10H,2-7H2,1H3. The van der Waals surface area contributed by atoms with E-state index in [2.05, 4.69) is 6.92 Å². The van der Waals surface area contributed by atoms with Crippen molar-refractivity contribution >= 4 is 5.78 Å². The maximum Gasteiger partial charge on any atom is 0.164 e. The molecule has 0 saturated heterocycles. The number of rotatable bonds is 2. The highest BCUT2D eigenvalue weighted by molar-refractivity contribution is 5.97. The van der Waals surface area contributed by atoms with Crippen molar-refractivity contribution in [3.8, 4) is 0 Å². The monoisotopic (exact) mass is 194 g/mol. The zero-order chi connectivity index (χ0) is 9.97. The molecular weight excluding hydrogens is 176 g/mol. The van der Waals surface area contributed by atoms with Crippen LogP contribution in [0.5, 0.6) is 0 Å². The van der Waals surface area contributed by atoms with Crippen LogP contribution in [0.25, 0.3) is 0 Å². The van der Waals surface area contributed by atoms with Crippen LogP contribution in [-0.4, -0.2) is 12.4 Å². The van der Waals surface area contributed by atoms with Gasteiger partial charge >= 0.3 is 0 Å². The third kappa shape index (κ3) is 1.99. The summed E-state index contributed by atoms with van der Waals surface area (Å²) < 4.78 is 5.21. The van der Waals surface area contributed by atoms with Crippen molar-refractivity contribution in [1.82, 2.24) is 0 Å². The Morgan fingerprint density at radius 1 is 1.50 bits per heavy atom. The van der Waals surface area contributed by atoms with Crippen LogP contribution in [0.2, 0.25) is 0 Å². The molecule has 2 unspecified atom stereocenters. The molecule has 2 nitrogen and oxygen atoms in total. The Labute approximate surface area is 85.3 Å². The van der Waals surface area contributed by atoms with E-state index in [1.54, 1.807) is 6.26 Å². The van der Waals surface area contributed by atoms with Crippen LogP contribution in [0.1, 0.15) is 39.0 Å². The fourth-order valence-corrected chi connectivity index (χ4v) is 2.45. The minimum Gasteiger partial charge on any atom is -0.501 e. The van der Waals surface area contributed by atoms with Crippen molar-refractivity contribution in [1.29, 1.82) is 0 Å². The third-order valence-corrected chi connectivity index (χ3v) is 3.32. The van der Waals surface area contributed by atoms with Crippen molar-refractivity contribution < 1.29 is 9.53 Å². The third-order valence-electron chi connectivity index (χ3n) is 3.32. The van der Waals surface area contributed by atoms with Gasteiger partial charge in [-0.1, -0.05) is 6.92 Å². The number of hydrogen-bond donors (Lipinski definition) is 0. The second kappa shape index (κ2) is 4.16. The van der Waals surface area contributed by atoms with Gasteiger partial charge in [-0.05, 0) is 38.0 Å². The Bertz CT molecular complexity index is 255. The minimum atomic E-state index is 0.290. The zero-order valence-electron chi connectivity index (χ0n) is 8.79. The van der Waals surface area contributed by atoms with Crippen LogP contribution >= 0.6 is 0 Å². The molecule has 0 radical (unpaired) electrons. The molecule has 14 heavy (non-hydrogen) atoms. The van der Waals surface area contributed by atoms with Crippen molar-refractivity contribution in [2.45, 2.75) is 39.0 Å². The van der Waals surface area contributed by atoms with Gasteiger partial charge in [-0.15, -0.1) is 0 Å². The second-order valence-electron chi connectivity index (χ2n) is 4.60. The number of Topliss-reactive ketones (excluding diaryl/α,β-unsaturated/α-hetero) is 1. The SMILES string of the molecule is CC1CCC(C(=O)C2=COCCC2)C1. The van der Waals surface area contributed by atoms with E-state index >= 15 is 0 Å². The van der Waals surface area contributed by atoms with E-state index < -0.39 is 0 Å². The first kappa shape index (κ1) is 9.75. The van der Waals surface area contributed by atoms with E-state index in [1.807, 2.05) is 0 Å². The molecule has 0 spiro atoms. The molecular formula is C12H18O2. The van der Waals surface area contributed by atoms with Gasteiger partial charge in [0, 0.05) is 11.5 Å². The molecule has 78 valence electrons. The van der Waals surface area contributed by atoms with E-state index in [9.17, 15) is 4.79 Å². The Morgan fingerprint density at radius 2 is 2.36 bits per heavy atom. The Kier molecular flexibility index (Phi) is 2.90. The second-order valence-corrected chi connectivity index (χ2v) is 4.60. The summed E-state index contributed by atoms with van der Waals surface area (Å²) in [5.41, 5.74) is 0.926. The lowest BCUT2D eigenvalue weighted by atomic mass is 9.93. The first-order chi connectivity index (χ1) is 6.77. The average Bonchev–Trinajstić information content (AvgIpc) is 2.65. The molecule has 1 aliphatic heterocycles. The highest BCUT2D eigenvalue weighted by Gasteiger charge is 2.29. The fraction of sp³-hybridized carbons (Fsp3) is 0.750. The van der Waals surface area contributed by atoms with Crippen LogP contribution in [0, 0.1) is 11.8 Å². The molecule has 0 aromatic carbocycles. The molecule has 0 bridgehead atoms. The van der Waals surface area contributed by atoms with Crippen LogP contribution in [0.3, 0.4) is 0 Å². The van der Waals surface area contributed by atoms with Crippen molar-refractivity contribution in [3.63, 3.8) is 0 Å². The van der Waals surface area contributed by atoms with Crippen LogP contribution in [0.15, 0.2) is 11.8 Å². The predicted molar refractivity (Wildman–Crippen MR) is 54.8 cm³/mol. The number of hydrogen-bond acceptors (Lipinski definition) is 2. The Hall–Kier alpha value is -0.790. The molecule has 0 amide bonds. The largest absolute Gasteiger partial charge is 0.501 e. The summed E-state index contributed by atoms with van der Waals surface area (Å²) in [4.78, 5) is 12.0. The lowest BCUT2D eigenvalue weighted by Crippen LogP contribution is -2.16. The number of ketones is 1. The Balaban J connectivity index is 1.97. The van der Waals surface area contributed by atoms with E-state index in [-0.39, 0.29) is 5.92 Å². The predicted octanol–water partition coefficient (Wildman–Crippen LogP) is 2.69. The molecule has 1 aliphatic carbocycles. The highest BCUT2D eigenvalue weighted by Crippen LogP contribution is 2.33. The molecule has 0 aromatic rings. The summed E-state index contributed by atoms with van der Waals surface area (Å²) in [6.07, 6.45) is 6.98. The quantitative estimate of drug-likeness (QED) is 0.675. The fourth-order valence-electron chi connectivity index (χ4n) is 2.45. The molecule has 1 saturated carbocycles. The van der Waals surface area contributed by atoms with Crippen molar-refractivity contribution in [2.75, 3.05) is 6.61 Å². The molecule has 1 heterocycles. The minimum absolute atomic E-state index is 0.290. The first-order valence-electron chi connectivity index (χ1n) is 5.62. The molecule has 2 aliphatic rings. The molecule has 2 atom stereocenters. The lowest BCUT2D eigenvalue weighted by Gasteiger charge is -2.15. The van der Waals surface area contributed by atoms with E-state index in [1.165, 1.54) is 6.42 Å². The van der Waals surface area contributed by atoms with Gasteiger partial charge in [0.25, 0.3) is 0 Å². The van der Waals surface area contributed by atoms with E-state index in [0.717, 1.165) is 43.8 Å². The summed E-state index contributed by atoms with van der Waals surface area (Å²) in [7, 11) is 0. The summed E-state index contributed by atoms with van der Waals surface area (Å²) in [6.45, 7) is 3.01. The van der Waals surface area contributed by atoms with Gasteiger partial charge in [-0.25, -0.2) is 0 Å². The van der Waals surface area contributed by atoms with Gasteiger partial charge < -0.3 is 4.74 Å². The van der Waals surface area contributed by atoms with Gasteiger partial charge in [0.2, 0.25) is 0 Å². The topological polar surface area (TPSA) is 26.3 Å². The van der Waals surface area contributed by atoms with Crippen LogP contribution < -0.4 is 0 Å². The average molecular weight is 194 g/mol. The number of carbonyl (C=O) groups is 1. The summed E-state index contributed by atoms with van der Waals surface area (Å²) in [5.74, 6) is 1.38. The van der Waals surface area contributed by atoms with Gasteiger partial charge in [-0.2, -0.15) is 0 Å². The van der Waals surface area contributed by atoms with E-state index in [0.29, 0.717) is 5.78 Å². The van der Waals surface area contributed by atoms with Crippen LogP contribution in [-0.2, 0) is 9.53 Å². The number of ether oxygens (including phenoxy) is 1. The lowest BCUT2D eigenvalue weighted by molar-refractivity contribution is -0.119. The molecule has 0 aromatic heterocycles.